The van der Waals surface area contributed by atoms with Gasteiger partial charge in [0.1, 0.15) is 12.0 Å². The van der Waals surface area contributed by atoms with Crippen LogP contribution >= 0.6 is 0 Å². The van der Waals surface area contributed by atoms with E-state index >= 15 is 0 Å². The number of aryl methyl sites for hydroxylation is 1. The van der Waals surface area contributed by atoms with Gasteiger partial charge in [0, 0.05) is 37.9 Å². The summed E-state index contributed by atoms with van der Waals surface area (Å²) in [6.07, 6.45) is -1.64. The molecule has 0 saturated carbocycles. The van der Waals surface area contributed by atoms with Gasteiger partial charge in [-0.15, -0.1) is 0 Å². The number of piperazine rings is 1. The molecule has 0 amide bonds. The molecule has 1 aliphatic heterocycles. The highest BCUT2D eigenvalue weighted by Gasteiger charge is 2.32. The van der Waals surface area contributed by atoms with Gasteiger partial charge < -0.3 is 15.1 Å². The van der Waals surface area contributed by atoms with Crippen molar-refractivity contribution in [1.82, 2.24) is 14.5 Å². The van der Waals surface area contributed by atoms with Crippen LogP contribution in [0, 0.1) is 12.3 Å². The van der Waals surface area contributed by atoms with Crippen molar-refractivity contribution in [2.24, 2.45) is 0 Å². The van der Waals surface area contributed by atoms with Crippen molar-refractivity contribution in [2.75, 3.05) is 36.0 Å². The summed E-state index contributed by atoms with van der Waals surface area (Å²) in [6, 6.07) is 8.32. The molecule has 0 atom stereocenters. The molecule has 1 saturated heterocycles. The van der Waals surface area contributed by atoms with E-state index in [0.29, 0.717) is 25.1 Å². The summed E-state index contributed by atoms with van der Waals surface area (Å²) < 4.78 is 37.9. The van der Waals surface area contributed by atoms with Gasteiger partial charge >= 0.3 is 11.9 Å². The van der Waals surface area contributed by atoms with Gasteiger partial charge in [-0.25, -0.2) is 14.3 Å². The molecule has 8 nitrogen and oxygen atoms in total. The molecule has 2 aromatic rings. The second-order valence-electron chi connectivity index (χ2n) is 6.91. The SMILES string of the molecule is Cc1ccc(N2CCN(c3ncn(C[NH2+]/C=C\C(=N)C(F)(F)F)c(=O)n3)CC2)cc1. The molecule has 3 N–H and O–H groups in total. The molecule has 0 radical (unpaired) electrons. The Morgan fingerprint density at radius 2 is 1.80 bits per heavy atom. The first kappa shape index (κ1) is 21.5. The molecule has 3 rings (SSSR count). The average molecular weight is 422 g/mol. The number of nitrogens with zero attached hydrogens (tertiary/aromatic N) is 5. The number of nitrogens with two attached hydrogens (primary N) is 1. The summed E-state index contributed by atoms with van der Waals surface area (Å²) in [4.78, 5) is 24.6. The van der Waals surface area contributed by atoms with Gasteiger partial charge in [0.05, 0.1) is 6.20 Å². The maximum absolute atomic E-state index is 12.2. The molecule has 1 aliphatic rings. The fraction of sp³-hybridized carbons (Fsp3) is 0.368. The van der Waals surface area contributed by atoms with E-state index in [1.54, 1.807) is 0 Å². The van der Waals surface area contributed by atoms with E-state index in [1.165, 1.54) is 21.8 Å². The van der Waals surface area contributed by atoms with Crippen molar-refractivity contribution in [3.8, 4) is 0 Å². The largest absolute Gasteiger partial charge is 0.432 e. The Kier molecular flexibility index (Phi) is 6.50. The minimum atomic E-state index is -4.69. The molecule has 11 heteroatoms. The Bertz CT molecular complexity index is 961. The lowest BCUT2D eigenvalue weighted by molar-refractivity contribution is -0.620. The van der Waals surface area contributed by atoms with Gasteiger partial charge in [-0.3, -0.25) is 5.41 Å². The lowest BCUT2D eigenvalue weighted by Crippen LogP contribution is -2.78. The van der Waals surface area contributed by atoms with Gasteiger partial charge in [0.2, 0.25) is 5.95 Å². The van der Waals surface area contributed by atoms with E-state index in [1.807, 2.05) is 11.8 Å². The predicted molar refractivity (Wildman–Crippen MR) is 107 cm³/mol. The van der Waals surface area contributed by atoms with Crippen LogP contribution in [0.3, 0.4) is 0 Å². The summed E-state index contributed by atoms with van der Waals surface area (Å²) in [6.45, 7) is 4.96. The molecule has 160 valence electrons. The minimum absolute atomic E-state index is 0.0158. The zero-order chi connectivity index (χ0) is 21.7. The number of aromatic nitrogens is 3. The Morgan fingerprint density at radius 3 is 2.40 bits per heavy atom. The van der Waals surface area contributed by atoms with E-state index in [9.17, 15) is 18.0 Å². The summed E-state index contributed by atoms with van der Waals surface area (Å²) in [5.41, 5.74) is 0.371. The molecule has 1 fully saturated rings. The number of hydrogen-bond acceptors (Lipinski definition) is 6. The zero-order valence-electron chi connectivity index (χ0n) is 16.4. The van der Waals surface area contributed by atoms with Crippen LogP contribution in [0.5, 0.6) is 0 Å². The highest BCUT2D eigenvalue weighted by atomic mass is 19.4. The van der Waals surface area contributed by atoms with Crippen molar-refractivity contribution in [2.45, 2.75) is 19.8 Å². The minimum Gasteiger partial charge on any atom is -0.368 e. The van der Waals surface area contributed by atoms with Crippen LogP contribution in [0.15, 0.2) is 47.7 Å². The first-order chi connectivity index (χ1) is 14.2. The standard InChI is InChI=1S/C19H22F3N7O/c1-14-2-4-15(5-3-14)27-8-10-28(11-9-27)17-25-13-29(18(30)26-17)12-24-7-6-16(23)19(20,21)22/h2-7,13,23-24H,8-12H2,1H3/p+1/b7-6-,23-16?. The van der Waals surface area contributed by atoms with Crippen LogP contribution in [-0.4, -0.2) is 52.6 Å². The summed E-state index contributed by atoms with van der Waals surface area (Å²) >= 11 is 0. The van der Waals surface area contributed by atoms with E-state index < -0.39 is 17.6 Å². The van der Waals surface area contributed by atoms with Gasteiger partial charge in [0.25, 0.3) is 0 Å². The van der Waals surface area contributed by atoms with Crippen molar-refractivity contribution in [1.29, 1.82) is 5.41 Å². The quantitative estimate of drug-likeness (QED) is 0.675. The lowest BCUT2D eigenvalue weighted by atomic mass is 10.2. The normalized spacial score (nSPS) is 15.1. The number of benzene rings is 1. The number of anilines is 2. The first-order valence-electron chi connectivity index (χ1n) is 9.40. The van der Waals surface area contributed by atoms with E-state index in [4.69, 9.17) is 5.41 Å². The van der Waals surface area contributed by atoms with Crippen LogP contribution < -0.4 is 20.8 Å². The molecule has 0 aliphatic carbocycles. The number of hydrogen-bond donors (Lipinski definition) is 2. The van der Waals surface area contributed by atoms with Crippen LogP contribution in [0.2, 0.25) is 0 Å². The number of allylic oxidation sites excluding steroid dienone is 1. The Morgan fingerprint density at radius 1 is 1.17 bits per heavy atom. The second kappa shape index (κ2) is 9.08. The van der Waals surface area contributed by atoms with Crippen molar-refractivity contribution < 1.29 is 18.5 Å². The third kappa shape index (κ3) is 5.44. The first-order valence-corrected chi connectivity index (χ1v) is 9.40. The fourth-order valence-corrected chi connectivity index (χ4v) is 2.98. The van der Waals surface area contributed by atoms with Gasteiger partial charge in [-0.2, -0.15) is 18.2 Å². The van der Waals surface area contributed by atoms with Crippen molar-refractivity contribution in [3.05, 3.63) is 58.9 Å². The van der Waals surface area contributed by atoms with Crippen LogP contribution in [-0.2, 0) is 6.67 Å². The summed E-state index contributed by atoms with van der Waals surface area (Å²) in [5, 5.41) is 8.19. The van der Waals surface area contributed by atoms with Gasteiger partial charge in [0.15, 0.2) is 6.67 Å². The highest BCUT2D eigenvalue weighted by Crippen LogP contribution is 2.18. The number of quaternary nitrogens is 1. The van der Waals surface area contributed by atoms with E-state index in [0.717, 1.165) is 25.0 Å². The highest BCUT2D eigenvalue weighted by molar-refractivity contribution is 5.96. The molecule has 1 aromatic carbocycles. The molecule has 0 spiro atoms. The molecule has 0 unspecified atom stereocenters. The van der Waals surface area contributed by atoms with Gasteiger partial charge in [-0.05, 0) is 19.1 Å². The Balaban J connectivity index is 1.54. The summed E-state index contributed by atoms with van der Waals surface area (Å²) in [5.74, 6) is 0.342. The van der Waals surface area contributed by atoms with Crippen molar-refractivity contribution >= 4 is 17.3 Å². The van der Waals surface area contributed by atoms with E-state index in [2.05, 4.69) is 39.1 Å². The van der Waals surface area contributed by atoms with Crippen molar-refractivity contribution in [3.63, 3.8) is 0 Å². The van der Waals surface area contributed by atoms with Crippen LogP contribution in [0.4, 0.5) is 24.8 Å². The molecule has 30 heavy (non-hydrogen) atoms. The van der Waals surface area contributed by atoms with Crippen LogP contribution in [0.1, 0.15) is 5.56 Å². The molecule has 0 bridgehead atoms. The maximum atomic E-state index is 12.2. The Hall–Kier alpha value is -3.21. The third-order valence-electron chi connectivity index (χ3n) is 4.72. The Labute approximate surface area is 171 Å². The fourth-order valence-electron chi connectivity index (χ4n) is 2.98. The van der Waals surface area contributed by atoms with Crippen LogP contribution in [0.25, 0.3) is 0 Å². The number of rotatable bonds is 6. The number of alkyl halides is 3. The number of halogens is 3. The summed E-state index contributed by atoms with van der Waals surface area (Å²) in [7, 11) is 0. The number of nitrogens with one attached hydrogen (secondary N) is 1. The van der Waals surface area contributed by atoms with Gasteiger partial charge in [-0.1, -0.05) is 17.7 Å². The average Bonchev–Trinajstić information content (AvgIpc) is 2.72. The smallest absolute Gasteiger partial charge is 0.368 e. The molecule has 2 heterocycles. The zero-order valence-corrected chi connectivity index (χ0v) is 16.4. The monoisotopic (exact) mass is 422 g/mol. The molecular formula is C19H23F3N7O+. The third-order valence-corrected chi connectivity index (χ3v) is 4.72. The molecule has 1 aromatic heterocycles. The molecular weight excluding hydrogens is 399 g/mol. The second-order valence-corrected chi connectivity index (χ2v) is 6.91. The topological polar surface area (TPSA) is 94.7 Å². The lowest BCUT2D eigenvalue weighted by Gasteiger charge is -2.36. The maximum Gasteiger partial charge on any atom is 0.432 e. The van der Waals surface area contributed by atoms with E-state index in [-0.39, 0.29) is 6.67 Å². The predicted octanol–water partition coefficient (Wildman–Crippen LogP) is 0.890.